The summed E-state index contributed by atoms with van der Waals surface area (Å²) in [5.74, 6) is 0.762. The number of benzene rings is 1. The molecule has 2 amide bonds. The van der Waals surface area contributed by atoms with E-state index in [0.29, 0.717) is 42.1 Å². The van der Waals surface area contributed by atoms with Gasteiger partial charge in [0.05, 0.1) is 28.3 Å². The third-order valence-corrected chi connectivity index (χ3v) is 8.53. The Morgan fingerprint density at radius 3 is 2.58 bits per heavy atom. The summed E-state index contributed by atoms with van der Waals surface area (Å²) in [6, 6.07) is 6.10. The molecule has 1 aliphatic carbocycles. The first-order valence-electron chi connectivity index (χ1n) is 10.9. The highest BCUT2D eigenvalue weighted by Crippen LogP contribution is 2.31. The van der Waals surface area contributed by atoms with E-state index < -0.39 is 9.84 Å². The first-order chi connectivity index (χ1) is 15.8. The van der Waals surface area contributed by atoms with Crippen LogP contribution in [0.4, 0.5) is 15.6 Å². The van der Waals surface area contributed by atoms with Crippen LogP contribution in [0.2, 0.25) is 0 Å². The van der Waals surface area contributed by atoms with Crippen molar-refractivity contribution in [2.24, 2.45) is 5.92 Å². The number of anilines is 2. The summed E-state index contributed by atoms with van der Waals surface area (Å²) < 4.78 is 29.4. The molecule has 1 heterocycles. The van der Waals surface area contributed by atoms with E-state index in [0.717, 1.165) is 36.1 Å². The minimum atomic E-state index is -3.31. The minimum absolute atomic E-state index is 0.219. The molecule has 0 radical (unpaired) electrons. The third kappa shape index (κ3) is 7.72. The van der Waals surface area contributed by atoms with Crippen molar-refractivity contribution in [3.8, 4) is 0 Å². The van der Waals surface area contributed by atoms with E-state index in [1.807, 2.05) is 0 Å². The van der Waals surface area contributed by atoms with Crippen molar-refractivity contribution in [1.29, 1.82) is 0 Å². The maximum atomic E-state index is 13.2. The number of sulfone groups is 1. The molecule has 11 heteroatoms. The van der Waals surface area contributed by atoms with Gasteiger partial charge in [0.25, 0.3) is 0 Å². The Bertz CT molecular complexity index is 1050. The molecule has 0 aliphatic heterocycles. The Balaban J connectivity index is 1.66. The Kier molecular flexibility index (Phi) is 9.16. The summed E-state index contributed by atoms with van der Waals surface area (Å²) in [6.45, 7) is 2.71. The van der Waals surface area contributed by atoms with Crippen LogP contribution < -0.4 is 10.2 Å². The number of thiazole rings is 1. The number of nitrogens with zero attached hydrogens (tertiary/aromatic N) is 2. The average molecular weight is 512 g/mol. The molecule has 0 atom stereocenters. The number of carbonyl (C=O) groups is 2. The largest absolute Gasteiger partial charge is 0.466 e. The van der Waals surface area contributed by atoms with Gasteiger partial charge in [-0.1, -0.05) is 24.2 Å². The minimum Gasteiger partial charge on any atom is -0.466 e. The van der Waals surface area contributed by atoms with Gasteiger partial charge in [-0.15, -0.1) is 11.8 Å². The average Bonchev–Trinajstić information content (AvgIpc) is 3.44. The van der Waals surface area contributed by atoms with E-state index >= 15 is 0 Å². The van der Waals surface area contributed by atoms with E-state index in [1.54, 1.807) is 30.2 Å². The van der Waals surface area contributed by atoms with Crippen LogP contribution in [0.3, 0.4) is 0 Å². The summed E-state index contributed by atoms with van der Waals surface area (Å²) in [5, 5.41) is 3.35. The molecule has 1 aromatic carbocycles. The quantitative estimate of drug-likeness (QED) is 0.360. The lowest BCUT2D eigenvalue weighted by atomic mass is 10.1. The molecule has 1 fully saturated rings. The molecular formula is C22H29N3O5S3. The molecule has 1 aliphatic rings. The van der Waals surface area contributed by atoms with Crippen LogP contribution in [0.1, 0.15) is 39.0 Å². The van der Waals surface area contributed by atoms with Crippen molar-refractivity contribution in [2.75, 3.05) is 35.4 Å². The van der Waals surface area contributed by atoms with Crippen molar-refractivity contribution in [2.45, 2.75) is 48.1 Å². The molecule has 8 nitrogen and oxygen atoms in total. The van der Waals surface area contributed by atoms with Crippen molar-refractivity contribution < 1.29 is 22.7 Å². The van der Waals surface area contributed by atoms with E-state index in [9.17, 15) is 18.0 Å². The van der Waals surface area contributed by atoms with Crippen LogP contribution in [0.15, 0.2) is 39.6 Å². The number of nitrogens with one attached hydrogen (secondary N) is 1. The van der Waals surface area contributed by atoms with Gasteiger partial charge in [0, 0.05) is 24.2 Å². The normalized spacial score (nSPS) is 14.2. The number of thioether (sulfide) groups is 1. The molecule has 0 bridgehead atoms. The highest BCUT2D eigenvalue weighted by Gasteiger charge is 2.24. The van der Waals surface area contributed by atoms with E-state index in [4.69, 9.17) is 4.74 Å². The van der Waals surface area contributed by atoms with Crippen LogP contribution in [0, 0.1) is 5.92 Å². The van der Waals surface area contributed by atoms with Gasteiger partial charge in [-0.2, -0.15) is 0 Å². The Morgan fingerprint density at radius 1 is 1.24 bits per heavy atom. The predicted octanol–water partition coefficient (Wildman–Crippen LogP) is 4.82. The van der Waals surface area contributed by atoms with Gasteiger partial charge in [-0.25, -0.2) is 18.2 Å². The van der Waals surface area contributed by atoms with E-state index in [2.05, 4.69) is 10.3 Å². The zero-order valence-electron chi connectivity index (χ0n) is 18.8. The standard InChI is InChI=1S/C22H29N3O5S3/c1-3-30-19(26)12-13-31-20-14-23-21(32-20)24-22(27)25(15-16-6-4-5-7-16)17-8-10-18(11-9-17)33(2,28)29/h8-11,14,16H,3-7,12-13,15H2,1-2H3,(H,23,24,27). The first-order valence-corrected chi connectivity index (χ1v) is 14.6. The number of ether oxygens (including phenoxy) is 1. The number of esters is 1. The zero-order valence-corrected chi connectivity index (χ0v) is 21.2. The molecule has 3 rings (SSSR count). The van der Waals surface area contributed by atoms with Gasteiger partial charge in [0.1, 0.15) is 0 Å². The third-order valence-electron chi connectivity index (χ3n) is 5.29. The summed E-state index contributed by atoms with van der Waals surface area (Å²) in [6.07, 6.45) is 7.62. The highest BCUT2D eigenvalue weighted by molar-refractivity contribution is 8.01. The zero-order chi connectivity index (χ0) is 23.8. The smallest absolute Gasteiger partial charge is 0.328 e. The van der Waals surface area contributed by atoms with Crippen LogP contribution in [0.5, 0.6) is 0 Å². The molecule has 0 saturated heterocycles. The fourth-order valence-electron chi connectivity index (χ4n) is 3.64. The van der Waals surface area contributed by atoms with Crippen molar-refractivity contribution in [1.82, 2.24) is 4.98 Å². The molecule has 1 saturated carbocycles. The lowest BCUT2D eigenvalue weighted by Crippen LogP contribution is -2.38. The summed E-state index contributed by atoms with van der Waals surface area (Å²) in [7, 11) is -3.31. The maximum absolute atomic E-state index is 13.2. The number of aromatic nitrogens is 1. The molecule has 1 N–H and O–H groups in total. The van der Waals surface area contributed by atoms with Crippen LogP contribution in [-0.2, 0) is 19.4 Å². The monoisotopic (exact) mass is 511 g/mol. The van der Waals surface area contributed by atoms with Crippen molar-refractivity contribution in [3.05, 3.63) is 30.5 Å². The van der Waals surface area contributed by atoms with Crippen molar-refractivity contribution in [3.63, 3.8) is 0 Å². The van der Waals surface area contributed by atoms with E-state index in [1.165, 1.54) is 35.2 Å². The second-order valence-corrected chi connectivity index (χ2v) is 12.3. The van der Waals surface area contributed by atoms with Crippen LogP contribution in [-0.4, -0.2) is 50.6 Å². The second kappa shape index (κ2) is 11.8. The van der Waals surface area contributed by atoms with E-state index in [-0.39, 0.29) is 16.9 Å². The Hall–Kier alpha value is -2.11. The highest BCUT2D eigenvalue weighted by atomic mass is 32.2. The number of rotatable bonds is 10. The second-order valence-electron chi connectivity index (χ2n) is 7.85. The topological polar surface area (TPSA) is 106 Å². The molecule has 180 valence electrons. The molecule has 2 aromatic rings. The molecule has 33 heavy (non-hydrogen) atoms. The Labute approximate surface area is 203 Å². The number of amides is 2. The predicted molar refractivity (Wildman–Crippen MR) is 132 cm³/mol. The maximum Gasteiger partial charge on any atom is 0.328 e. The lowest BCUT2D eigenvalue weighted by Gasteiger charge is -2.26. The van der Waals surface area contributed by atoms with Gasteiger partial charge in [0.2, 0.25) is 0 Å². The summed E-state index contributed by atoms with van der Waals surface area (Å²) in [4.78, 5) is 30.8. The summed E-state index contributed by atoms with van der Waals surface area (Å²) in [5.41, 5.74) is 0.646. The van der Waals surface area contributed by atoms with Crippen LogP contribution in [0.25, 0.3) is 0 Å². The van der Waals surface area contributed by atoms with Gasteiger partial charge in [-0.3, -0.25) is 15.0 Å². The van der Waals surface area contributed by atoms with Gasteiger partial charge in [-0.05, 0) is 49.9 Å². The molecule has 0 unspecified atom stereocenters. The van der Waals surface area contributed by atoms with Gasteiger partial charge >= 0.3 is 12.0 Å². The van der Waals surface area contributed by atoms with Gasteiger partial charge < -0.3 is 4.74 Å². The summed E-state index contributed by atoms with van der Waals surface area (Å²) >= 11 is 2.84. The molecular weight excluding hydrogens is 482 g/mol. The van der Waals surface area contributed by atoms with Crippen LogP contribution >= 0.6 is 23.1 Å². The number of carbonyl (C=O) groups excluding carboxylic acids is 2. The molecule has 1 aromatic heterocycles. The SMILES string of the molecule is CCOC(=O)CCSc1cnc(NC(=O)N(CC2CCCC2)c2ccc(S(C)(=O)=O)cc2)s1. The fourth-order valence-corrected chi connectivity index (χ4v) is 6.13. The van der Waals surface area contributed by atoms with Gasteiger partial charge in [0.15, 0.2) is 15.0 Å². The Morgan fingerprint density at radius 2 is 1.94 bits per heavy atom. The fraction of sp³-hybridized carbons (Fsp3) is 0.500. The molecule has 0 spiro atoms. The number of hydrogen-bond donors (Lipinski definition) is 1. The first kappa shape index (κ1) is 25.5. The lowest BCUT2D eigenvalue weighted by molar-refractivity contribution is -0.142. The number of urea groups is 1. The number of hydrogen-bond acceptors (Lipinski definition) is 8. The van der Waals surface area contributed by atoms with Crippen molar-refractivity contribution >= 4 is 55.8 Å².